The minimum atomic E-state index is -0.154. The number of hydrogen-bond acceptors (Lipinski definition) is 3. The van der Waals surface area contributed by atoms with E-state index in [2.05, 4.69) is 25.7 Å². The first-order chi connectivity index (χ1) is 6.39. The van der Waals surface area contributed by atoms with Crippen LogP contribution < -0.4 is 0 Å². The first-order valence-corrected chi connectivity index (χ1v) is 5.32. The van der Waals surface area contributed by atoms with Crippen LogP contribution in [0.5, 0.6) is 0 Å². The molecule has 0 unspecified atom stereocenters. The normalized spacial score (nSPS) is 20.9. The van der Waals surface area contributed by atoms with Gasteiger partial charge in [0.25, 0.3) is 0 Å². The van der Waals surface area contributed by atoms with Crippen molar-refractivity contribution in [2.75, 3.05) is 13.1 Å². The average molecular weight is 199 g/mol. The van der Waals surface area contributed by atoms with Crippen LogP contribution in [0.25, 0.3) is 0 Å². The molecule has 0 aromatic heterocycles. The quantitative estimate of drug-likeness (QED) is 0.603. The van der Waals surface area contributed by atoms with Crippen LogP contribution in [0.3, 0.4) is 0 Å². The minimum Gasteiger partial charge on any atom is -0.462 e. The number of carbonyl (C=O) groups excluding carboxylic acids is 1. The number of carbonyl (C=O) groups is 1. The third kappa shape index (κ3) is 3.29. The molecular weight excluding hydrogens is 178 g/mol. The van der Waals surface area contributed by atoms with Gasteiger partial charge in [0.15, 0.2) is 0 Å². The maximum absolute atomic E-state index is 10.8. The van der Waals surface area contributed by atoms with Gasteiger partial charge >= 0.3 is 5.97 Å². The van der Waals surface area contributed by atoms with Crippen LogP contribution in [0.4, 0.5) is 0 Å². The summed E-state index contributed by atoms with van der Waals surface area (Å²) >= 11 is 0. The highest BCUT2D eigenvalue weighted by molar-refractivity contribution is 5.66. The Balaban J connectivity index is 2.35. The highest BCUT2D eigenvalue weighted by atomic mass is 16.5. The van der Waals surface area contributed by atoms with E-state index in [1.54, 1.807) is 0 Å². The Morgan fingerprint density at radius 3 is 2.14 bits per heavy atom. The maximum Gasteiger partial charge on any atom is 0.302 e. The van der Waals surface area contributed by atoms with Crippen molar-refractivity contribution in [1.29, 1.82) is 0 Å². The number of rotatable bonds is 1. The van der Waals surface area contributed by atoms with Gasteiger partial charge in [0, 0.05) is 25.6 Å². The molecule has 1 saturated heterocycles. The zero-order valence-electron chi connectivity index (χ0n) is 9.67. The maximum atomic E-state index is 10.8. The second-order valence-corrected chi connectivity index (χ2v) is 4.97. The van der Waals surface area contributed by atoms with E-state index in [4.69, 9.17) is 4.74 Å². The SMILES string of the molecule is CC(=O)OC1CCN(C(C)(C)C)CC1. The van der Waals surface area contributed by atoms with Gasteiger partial charge in [0.2, 0.25) is 0 Å². The van der Waals surface area contributed by atoms with E-state index in [1.807, 2.05) is 0 Å². The molecule has 0 aliphatic carbocycles. The predicted octanol–water partition coefficient (Wildman–Crippen LogP) is 1.81. The molecule has 14 heavy (non-hydrogen) atoms. The molecule has 0 aromatic rings. The van der Waals surface area contributed by atoms with Crippen molar-refractivity contribution >= 4 is 5.97 Å². The number of ether oxygens (including phenoxy) is 1. The van der Waals surface area contributed by atoms with Crippen LogP contribution in [0.2, 0.25) is 0 Å². The summed E-state index contributed by atoms with van der Waals surface area (Å²) in [6.45, 7) is 10.2. The van der Waals surface area contributed by atoms with Crippen molar-refractivity contribution in [2.45, 2.75) is 52.2 Å². The molecule has 0 saturated carbocycles. The average Bonchev–Trinajstić information content (AvgIpc) is 2.02. The van der Waals surface area contributed by atoms with E-state index in [0.717, 1.165) is 25.9 Å². The Morgan fingerprint density at radius 1 is 1.29 bits per heavy atom. The molecule has 1 fully saturated rings. The molecule has 0 amide bonds. The van der Waals surface area contributed by atoms with Crippen molar-refractivity contribution in [3.63, 3.8) is 0 Å². The van der Waals surface area contributed by atoms with Gasteiger partial charge in [-0.15, -0.1) is 0 Å². The summed E-state index contributed by atoms with van der Waals surface area (Å²) in [6, 6.07) is 0. The largest absolute Gasteiger partial charge is 0.462 e. The Hall–Kier alpha value is -0.570. The van der Waals surface area contributed by atoms with Gasteiger partial charge in [-0.05, 0) is 33.6 Å². The molecule has 0 atom stereocenters. The van der Waals surface area contributed by atoms with Crippen LogP contribution in [0, 0.1) is 0 Å². The van der Waals surface area contributed by atoms with Gasteiger partial charge in [-0.2, -0.15) is 0 Å². The fraction of sp³-hybridized carbons (Fsp3) is 0.909. The molecule has 0 N–H and O–H groups in total. The lowest BCUT2D eigenvalue weighted by Gasteiger charge is -2.40. The van der Waals surface area contributed by atoms with Gasteiger partial charge in [0.05, 0.1) is 0 Å². The zero-order valence-corrected chi connectivity index (χ0v) is 9.67. The topological polar surface area (TPSA) is 29.5 Å². The monoisotopic (exact) mass is 199 g/mol. The summed E-state index contributed by atoms with van der Waals surface area (Å²) in [7, 11) is 0. The standard InChI is InChI=1S/C11H21NO2/c1-9(13)14-10-5-7-12(8-6-10)11(2,3)4/h10H,5-8H2,1-4H3. The van der Waals surface area contributed by atoms with E-state index in [0.29, 0.717) is 0 Å². The van der Waals surface area contributed by atoms with E-state index >= 15 is 0 Å². The van der Waals surface area contributed by atoms with E-state index in [9.17, 15) is 4.79 Å². The summed E-state index contributed by atoms with van der Waals surface area (Å²) in [5.41, 5.74) is 0.237. The molecule has 1 heterocycles. The van der Waals surface area contributed by atoms with Crippen molar-refractivity contribution in [2.24, 2.45) is 0 Å². The Morgan fingerprint density at radius 2 is 1.79 bits per heavy atom. The van der Waals surface area contributed by atoms with Crippen LogP contribution >= 0.6 is 0 Å². The highest BCUT2D eigenvalue weighted by Crippen LogP contribution is 2.21. The molecule has 0 aromatic carbocycles. The fourth-order valence-electron chi connectivity index (χ4n) is 1.88. The molecule has 0 spiro atoms. The Labute approximate surface area is 86.4 Å². The summed E-state index contributed by atoms with van der Waals surface area (Å²) < 4.78 is 5.19. The first-order valence-electron chi connectivity index (χ1n) is 5.32. The molecule has 82 valence electrons. The summed E-state index contributed by atoms with van der Waals surface area (Å²) in [5.74, 6) is -0.154. The van der Waals surface area contributed by atoms with Crippen LogP contribution in [0.1, 0.15) is 40.5 Å². The third-order valence-corrected chi connectivity index (χ3v) is 2.72. The molecule has 1 rings (SSSR count). The van der Waals surface area contributed by atoms with Crippen LogP contribution in [-0.4, -0.2) is 35.6 Å². The minimum absolute atomic E-state index is 0.145. The number of esters is 1. The van der Waals surface area contributed by atoms with E-state index < -0.39 is 0 Å². The summed E-state index contributed by atoms with van der Waals surface area (Å²) in [5, 5.41) is 0. The van der Waals surface area contributed by atoms with Gasteiger partial charge in [-0.1, -0.05) is 0 Å². The van der Waals surface area contributed by atoms with Crippen molar-refractivity contribution in [3.8, 4) is 0 Å². The number of likely N-dealkylation sites (tertiary alicyclic amines) is 1. The molecule has 3 nitrogen and oxygen atoms in total. The number of nitrogens with zero attached hydrogens (tertiary/aromatic N) is 1. The van der Waals surface area contributed by atoms with Crippen LogP contribution in [-0.2, 0) is 9.53 Å². The van der Waals surface area contributed by atoms with Crippen LogP contribution in [0.15, 0.2) is 0 Å². The van der Waals surface area contributed by atoms with Crippen molar-refractivity contribution < 1.29 is 9.53 Å². The lowest BCUT2D eigenvalue weighted by molar-refractivity contribution is -0.149. The van der Waals surface area contributed by atoms with Gasteiger partial charge in [0.1, 0.15) is 6.10 Å². The summed E-state index contributed by atoms with van der Waals surface area (Å²) in [6.07, 6.45) is 2.08. The predicted molar refractivity (Wildman–Crippen MR) is 56.1 cm³/mol. The molecule has 1 aliphatic rings. The Kier molecular flexibility index (Phi) is 3.53. The molecular formula is C11H21NO2. The number of piperidine rings is 1. The Bertz CT molecular complexity index is 200. The summed E-state index contributed by atoms with van der Waals surface area (Å²) in [4.78, 5) is 13.2. The third-order valence-electron chi connectivity index (χ3n) is 2.72. The zero-order chi connectivity index (χ0) is 10.8. The molecule has 0 bridgehead atoms. The van der Waals surface area contributed by atoms with Gasteiger partial charge in [-0.3, -0.25) is 9.69 Å². The van der Waals surface area contributed by atoms with Gasteiger partial charge < -0.3 is 4.74 Å². The highest BCUT2D eigenvalue weighted by Gasteiger charge is 2.27. The number of hydrogen-bond donors (Lipinski definition) is 0. The lowest BCUT2D eigenvalue weighted by Crippen LogP contribution is -2.47. The van der Waals surface area contributed by atoms with Crippen molar-refractivity contribution in [1.82, 2.24) is 4.90 Å². The van der Waals surface area contributed by atoms with E-state index in [1.165, 1.54) is 6.92 Å². The molecule has 3 heteroatoms. The lowest BCUT2D eigenvalue weighted by atomic mass is 9.99. The van der Waals surface area contributed by atoms with E-state index in [-0.39, 0.29) is 17.6 Å². The van der Waals surface area contributed by atoms with Gasteiger partial charge in [-0.25, -0.2) is 0 Å². The first kappa shape index (κ1) is 11.5. The molecule has 1 aliphatic heterocycles. The van der Waals surface area contributed by atoms with Crippen molar-refractivity contribution in [3.05, 3.63) is 0 Å². The second-order valence-electron chi connectivity index (χ2n) is 4.97. The molecule has 0 radical (unpaired) electrons. The second kappa shape index (κ2) is 4.30. The smallest absolute Gasteiger partial charge is 0.302 e. The fourth-order valence-corrected chi connectivity index (χ4v) is 1.88.